The SMILES string of the molecule is CC(C)C(C)CC[C@H](NC(=O)OC(C)(C)C)C(=O)O. The zero-order valence-electron chi connectivity index (χ0n) is 12.8. The Kier molecular flexibility index (Phi) is 6.87. The van der Waals surface area contributed by atoms with Gasteiger partial charge in [-0.05, 0) is 45.4 Å². The van der Waals surface area contributed by atoms with E-state index in [1.54, 1.807) is 20.8 Å². The maximum Gasteiger partial charge on any atom is 0.408 e. The molecule has 1 amide bonds. The Balaban J connectivity index is 4.35. The van der Waals surface area contributed by atoms with Crippen LogP contribution in [0.15, 0.2) is 0 Å². The highest BCUT2D eigenvalue weighted by Crippen LogP contribution is 2.17. The van der Waals surface area contributed by atoms with Crippen LogP contribution in [0.1, 0.15) is 54.4 Å². The Morgan fingerprint density at radius 1 is 1.16 bits per heavy atom. The summed E-state index contributed by atoms with van der Waals surface area (Å²) in [6.07, 6.45) is 0.482. The lowest BCUT2D eigenvalue weighted by Gasteiger charge is -2.23. The van der Waals surface area contributed by atoms with Gasteiger partial charge >= 0.3 is 12.1 Å². The molecule has 0 radical (unpaired) electrons. The number of hydrogen-bond acceptors (Lipinski definition) is 3. The third-order valence-electron chi connectivity index (χ3n) is 3.04. The summed E-state index contributed by atoms with van der Waals surface area (Å²) in [4.78, 5) is 22.7. The van der Waals surface area contributed by atoms with E-state index in [0.717, 1.165) is 6.42 Å². The number of hydrogen-bond donors (Lipinski definition) is 2. The number of rotatable bonds is 6. The molecule has 1 unspecified atom stereocenters. The van der Waals surface area contributed by atoms with Crippen LogP contribution in [0.4, 0.5) is 4.79 Å². The van der Waals surface area contributed by atoms with Gasteiger partial charge in [-0.15, -0.1) is 0 Å². The van der Waals surface area contributed by atoms with Crippen LogP contribution in [0, 0.1) is 11.8 Å². The standard InChI is InChI=1S/C14H27NO4/c1-9(2)10(3)7-8-11(12(16)17)15-13(18)19-14(4,5)6/h9-11H,7-8H2,1-6H3,(H,15,18)(H,16,17)/t10?,11-/m0/s1. The van der Waals surface area contributed by atoms with Crippen molar-refractivity contribution in [2.75, 3.05) is 0 Å². The monoisotopic (exact) mass is 273 g/mol. The fourth-order valence-electron chi connectivity index (χ4n) is 1.47. The molecule has 0 saturated heterocycles. The zero-order valence-corrected chi connectivity index (χ0v) is 12.8. The van der Waals surface area contributed by atoms with Crippen molar-refractivity contribution < 1.29 is 19.4 Å². The minimum atomic E-state index is -1.03. The normalized spacial score (nSPS) is 14.9. The highest BCUT2D eigenvalue weighted by Gasteiger charge is 2.24. The molecule has 0 bridgehead atoms. The van der Waals surface area contributed by atoms with Crippen molar-refractivity contribution in [2.45, 2.75) is 66.0 Å². The van der Waals surface area contributed by atoms with E-state index in [2.05, 4.69) is 26.1 Å². The summed E-state index contributed by atoms with van der Waals surface area (Å²) < 4.78 is 5.06. The topological polar surface area (TPSA) is 75.6 Å². The van der Waals surface area contributed by atoms with Crippen LogP contribution in [0.25, 0.3) is 0 Å². The average molecular weight is 273 g/mol. The number of carbonyl (C=O) groups is 2. The molecular weight excluding hydrogens is 246 g/mol. The van der Waals surface area contributed by atoms with E-state index < -0.39 is 23.7 Å². The van der Waals surface area contributed by atoms with Crippen molar-refractivity contribution in [1.82, 2.24) is 5.32 Å². The van der Waals surface area contributed by atoms with Gasteiger partial charge < -0.3 is 15.2 Å². The van der Waals surface area contributed by atoms with E-state index in [1.807, 2.05) is 0 Å². The van der Waals surface area contributed by atoms with Gasteiger partial charge in [-0.3, -0.25) is 0 Å². The first-order chi connectivity index (χ1) is 8.53. The Hall–Kier alpha value is -1.26. The number of aliphatic carboxylic acids is 1. The van der Waals surface area contributed by atoms with E-state index in [4.69, 9.17) is 9.84 Å². The minimum Gasteiger partial charge on any atom is -0.480 e. The maximum atomic E-state index is 11.6. The van der Waals surface area contributed by atoms with Gasteiger partial charge in [0.05, 0.1) is 0 Å². The smallest absolute Gasteiger partial charge is 0.408 e. The van der Waals surface area contributed by atoms with Crippen molar-refractivity contribution in [1.29, 1.82) is 0 Å². The summed E-state index contributed by atoms with van der Waals surface area (Å²) in [5.41, 5.74) is -0.627. The lowest BCUT2D eigenvalue weighted by molar-refractivity contribution is -0.139. The number of carbonyl (C=O) groups excluding carboxylic acids is 1. The lowest BCUT2D eigenvalue weighted by Crippen LogP contribution is -2.43. The molecule has 5 nitrogen and oxygen atoms in total. The van der Waals surface area contributed by atoms with Gasteiger partial charge in [0.25, 0.3) is 0 Å². The molecule has 0 fully saturated rings. The summed E-state index contributed by atoms with van der Waals surface area (Å²) in [7, 11) is 0. The number of carboxylic acid groups (broad SMARTS) is 1. The molecule has 0 aromatic heterocycles. The maximum absolute atomic E-state index is 11.6. The molecule has 112 valence electrons. The first kappa shape index (κ1) is 17.7. The summed E-state index contributed by atoms with van der Waals surface area (Å²) in [6, 6.07) is -0.893. The van der Waals surface area contributed by atoms with Crippen molar-refractivity contribution in [3.8, 4) is 0 Å². The third kappa shape index (κ3) is 8.46. The molecule has 5 heteroatoms. The van der Waals surface area contributed by atoms with Gasteiger partial charge in [-0.1, -0.05) is 20.8 Å². The zero-order chi connectivity index (χ0) is 15.2. The van der Waals surface area contributed by atoms with Crippen LogP contribution in [-0.4, -0.2) is 28.8 Å². The molecule has 0 aromatic rings. The van der Waals surface area contributed by atoms with Crippen molar-refractivity contribution in [2.24, 2.45) is 11.8 Å². The average Bonchev–Trinajstić information content (AvgIpc) is 2.20. The fraction of sp³-hybridized carbons (Fsp3) is 0.857. The number of carboxylic acids is 1. The molecule has 0 rings (SSSR count). The summed E-state index contributed by atoms with van der Waals surface area (Å²) >= 11 is 0. The number of ether oxygens (including phenoxy) is 1. The highest BCUT2D eigenvalue weighted by molar-refractivity contribution is 5.79. The number of amides is 1. The van der Waals surface area contributed by atoms with Gasteiger partial charge in [0, 0.05) is 0 Å². The molecule has 0 aliphatic rings. The van der Waals surface area contributed by atoms with Crippen LogP contribution < -0.4 is 5.32 Å². The lowest BCUT2D eigenvalue weighted by atomic mass is 9.91. The Morgan fingerprint density at radius 3 is 2.05 bits per heavy atom. The van der Waals surface area contributed by atoms with E-state index in [9.17, 15) is 9.59 Å². The molecule has 2 atom stereocenters. The van der Waals surface area contributed by atoms with Crippen LogP contribution >= 0.6 is 0 Å². The second-order valence-corrected chi connectivity index (χ2v) is 6.34. The van der Waals surface area contributed by atoms with Crippen molar-refractivity contribution in [3.63, 3.8) is 0 Å². The van der Waals surface area contributed by atoms with Crippen molar-refractivity contribution in [3.05, 3.63) is 0 Å². The Morgan fingerprint density at radius 2 is 1.68 bits per heavy atom. The molecule has 0 heterocycles. The first-order valence-electron chi connectivity index (χ1n) is 6.75. The predicted molar refractivity (Wildman–Crippen MR) is 74.0 cm³/mol. The quantitative estimate of drug-likeness (QED) is 0.780. The molecular formula is C14H27NO4. The summed E-state index contributed by atoms with van der Waals surface area (Å²) in [5, 5.41) is 11.5. The molecule has 0 spiro atoms. The largest absolute Gasteiger partial charge is 0.480 e. The molecule has 0 aliphatic heterocycles. The van der Waals surface area contributed by atoms with Crippen LogP contribution in [0.2, 0.25) is 0 Å². The van der Waals surface area contributed by atoms with Gasteiger partial charge in [0.2, 0.25) is 0 Å². The molecule has 19 heavy (non-hydrogen) atoms. The van der Waals surface area contributed by atoms with Crippen LogP contribution in [0.5, 0.6) is 0 Å². The highest BCUT2D eigenvalue weighted by atomic mass is 16.6. The number of nitrogens with one attached hydrogen (secondary N) is 1. The van der Waals surface area contributed by atoms with Gasteiger partial charge in [-0.25, -0.2) is 9.59 Å². The first-order valence-corrected chi connectivity index (χ1v) is 6.75. The molecule has 2 N–H and O–H groups in total. The van der Waals surface area contributed by atoms with Gasteiger partial charge in [-0.2, -0.15) is 0 Å². The van der Waals surface area contributed by atoms with E-state index >= 15 is 0 Å². The third-order valence-corrected chi connectivity index (χ3v) is 3.04. The molecule has 0 aliphatic carbocycles. The fourth-order valence-corrected chi connectivity index (χ4v) is 1.47. The van der Waals surface area contributed by atoms with Crippen molar-refractivity contribution >= 4 is 12.1 Å². The Bertz CT molecular complexity index is 307. The van der Waals surface area contributed by atoms with E-state index in [-0.39, 0.29) is 0 Å². The summed E-state index contributed by atoms with van der Waals surface area (Å²) in [6.45, 7) is 11.5. The summed E-state index contributed by atoms with van der Waals surface area (Å²) in [5.74, 6) is -0.111. The second-order valence-electron chi connectivity index (χ2n) is 6.34. The van der Waals surface area contributed by atoms with Gasteiger partial charge in [0.1, 0.15) is 11.6 Å². The van der Waals surface area contributed by atoms with Crippen LogP contribution in [0.3, 0.4) is 0 Å². The molecule has 0 saturated carbocycles. The van der Waals surface area contributed by atoms with Crippen LogP contribution in [-0.2, 0) is 9.53 Å². The second kappa shape index (κ2) is 7.36. The predicted octanol–water partition coefficient (Wildman–Crippen LogP) is 3.04. The van der Waals surface area contributed by atoms with E-state index in [0.29, 0.717) is 18.3 Å². The van der Waals surface area contributed by atoms with Gasteiger partial charge in [0.15, 0.2) is 0 Å². The van der Waals surface area contributed by atoms with E-state index in [1.165, 1.54) is 0 Å². The molecule has 0 aromatic carbocycles. The minimum absolute atomic E-state index is 0.411. The number of alkyl carbamates (subject to hydrolysis) is 1. The Labute approximate surface area is 115 Å².